The Labute approximate surface area is 160 Å². The van der Waals surface area contributed by atoms with Gasteiger partial charge in [-0.3, -0.25) is 9.79 Å². The van der Waals surface area contributed by atoms with Gasteiger partial charge in [0.25, 0.3) is 5.91 Å². The first-order valence-electron chi connectivity index (χ1n) is 8.23. The lowest BCUT2D eigenvalue weighted by Crippen LogP contribution is -2.42. The van der Waals surface area contributed by atoms with Crippen molar-refractivity contribution in [1.82, 2.24) is 4.90 Å². The van der Waals surface area contributed by atoms with Gasteiger partial charge in [0, 0.05) is 29.3 Å². The van der Waals surface area contributed by atoms with E-state index in [9.17, 15) is 9.90 Å². The van der Waals surface area contributed by atoms with Gasteiger partial charge < -0.3 is 19.5 Å². The zero-order valence-electron chi connectivity index (χ0n) is 14.1. The van der Waals surface area contributed by atoms with Crippen LogP contribution >= 0.6 is 15.9 Å². The van der Waals surface area contributed by atoms with Crippen LogP contribution in [0.25, 0.3) is 0 Å². The van der Waals surface area contributed by atoms with E-state index in [0.717, 1.165) is 10.2 Å². The van der Waals surface area contributed by atoms with E-state index in [-0.39, 0.29) is 18.3 Å². The maximum atomic E-state index is 12.1. The smallest absolute Gasteiger partial charge is 0.260 e. The number of ether oxygens (including phenoxy) is 2. The van der Waals surface area contributed by atoms with E-state index >= 15 is 0 Å². The summed E-state index contributed by atoms with van der Waals surface area (Å²) in [5.41, 5.74) is 1.34. The van der Waals surface area contributed by atoms with Gasteiger partial charge in [0.05, 0.1) is 18.9 Å². The number of aromatic hydroxyl groups is 1. The number of phenols is 1. The van der Waals surface area contributed by atoms with Gasteiger partial charge in [-0.1, -0.05) is 15.9 Å². The molecule has 3 rings (SSSR count). The van der Waals surface area contributed by atoms with Gasteiger partial charge in [-0.25, -0.2) is 0 Å². The maximum Gasteiger partial charge on any atom is 0.260 e. The van der Waals surface area contributed by atoms with Gasteiger partial charge >= 0.3 is 0 Å². The fourth-order valence-electron chi connectivity index (χ4n) is 2.45. The van der Waals surface area contributed by atoms with Crippen molar-refractivity contribution < 1.29 is 19.4 Å². The van der Waals surface area contributed by atoms with Gasteiger partial charge in [-0.05, 0) is 42.5 Å². The molecular formula is C19H19BrN2O4. The Morgan fingerprint density at radius 2 is 1.96 bits per heavy atom. The summed E-state index contributed by atoms with van der Waals surface area (Å²) in [6, 6.07) is 12.3. The molecule has 1 saturated heterocycles. The van der Waals surface area contributed by atoms with Crippen LogP contribution in [0.5, 0.6) is 11.5 Å². The summed E-state index contributed by atoms with van der Waals surface area (Å²) in [4.78, 5) is 18.1. The summed E-state index contributed by atoms with van der Waals surface area (Å²) in [6.07, 6.45) is 1.60. The minimum atomic E-state index is -0.0412. The molecule has 0 radical (unpaired) electrons. The fourth-order valence-corrected chi connectivity index (χ4v) is 2.83. The van der Waals surface area contributed by atoms with Crippen molar-refractivity contribution in [3.8, 4) is 11.5 Å². The zero-order valence-corrected chi connectivity index (χ0v) is 15.7. The largest absolute Gasteiger partial charge is 0.507 e. The summed E-state index contributed by atoms with van der Waals surface area (Å²) in [5.74, 6) is 0.731. The molecule has 1 N–H and O–H groups in total. The Morgan fingerprint density at radius 3 is 2.69 bits per heavy atom. The number of hydrogen-bond acceptors (Lipinski definition) is 5. The average molecular weight is 419 g/mol. The SMILES string of the molecule is O=C(COc1ccc(N=Cc2cc(Br)ccc2O)cc1)N1CCOCC1. The van der Waals surface area contributed by atoms with Crippen LogP contribution in [0.15, 0.2) is 51.9 Å². The number of halogens is 1. The molecule has 1 heterocycles. The number of hydrogen-bond donors (Lipinski definition) is 1. The van der Waals surface area contributed by atoms with E-state index in [1.807, 2.05) is 0 Å². The Balaban J connectivity index is 1.55. The molecule has 0 aliphatic carbocycles. The van der Waals surface area contributed by atoms with Crippen molar-refractivity contribution in [3.05, 3.63) is 52.5 Å². The van der Waals surface area contributed by atoms with Crippen LogP contribution in [-0.2, 0) is 9.53 Å². The molecule has 7 heteroatoms. The molecule has 1 amide bonds. The second-order valence-corrected chi connectivity index (χ2v) is 6.65. The first-order chi connectivity index (χ1) is 12.6. The summed E-state index contributed by atoms with van der Waals surface area (Å²) in [5, 5.41) is 9.81. The normalized spacial score (nSPS) is 14.6. The number of phenolic OH excluding ortho intramolecular Hbond substituents is 1. The van der Waals surface area contributed by atoms with Crippen molar-refractivity contribution in [1.29, 1.82) is 0 Å². The predicted octanol–water partition coefficient (Wildman–Crippen LogP) is 3.14. The summed E-state index contributed by atoms with van der Waals surface area (Å²) in [6.45, 7) is 2.38. The minimum Gasteiger partial charge on any atom is -0.507 e. The molecule has 1 aliphatic rings. The predicted molar refractivity (Wildman–Crippen MR) is 102 cm³/mol. The lowest BCUT2D eigenvalue weighted by molar-refractivity contribution is -0.137. The first-order valence-corrected chi connectivity index (χ1v) is 9.02. The van der Waals surface area contributed by atoms with Crippen LogP contribution in [0.2, 0.25) is 0 Å². The van der Waals surface area contributed by atoms with Crippen LogP contribution in [-0.4, -0.2) is 55.0 Å². The Kier molecular flexibility index (Phi) is 6.25. The second kappa shape index (κ2) is 8.82. The van der Waals surface area contributed by atoms with E-state index in [1.54, 1.807) is 53.6 Å². The van der Waals surface area contributed by atoms with Gasteiger partial charge in [0.15, 0.2) is 6.61 Å². The molecule has 0 bridgehead atoms. The lowest BCUT2D eigenvalue weighted by Gasteiger charge is -2.26. The number of carbonyl (C=O) groups is 1. The van der Waals surface area contributed by atoms with Crippen LogP contribution < -0.4 is 4.74 Å². The quantitative estimate of drug-likeness (QED) is 0.756. The third kappa shape index (κ3) is 5.06. The fraction of sp³-hybridized carbons (Fsp3) is 0.263. The van der Waals surface area contributed by atoms with Crippen molar-refractivity contribution in [2.75, 3.05) is 32.9 Å². The maximum absolute atomic E-state index is 12.1. The Hall–Kier alpha value is -2.38. The van der Waals surface area contributed by atoms with Crippen molar-refractivity contribution in [2.45, 2.75) is 0 Å². The number of rotatable bonds is 5. The molecule has 2 aromatic carbocycles. The molecule has 0 aromatic heterocycles. The Bertz CT molecular complexity index is 787. The highest BCUT2D eigenvalue weighted by Gasteiger charge is 2.16. The molecule has 136 valence electrons. The third-order valence-corrected chi connectivity index (χ3v) is 4.40. The molecule has 1 aliphatic heterocycles. The molecule has 0 spiro atoms. The topological polar surface area (TPSA) is 71.4 Å². The number of morpholine rings is 1. The van der Waals surface area contributed by atoms with E-state index in [0.29, 0.717) is 37.6 Å². The van der Waals surface area contributed by atoms with Gasteiger partial charge in [0.1, 0.15) is 11.5 Å². The molecule has 0 unspecified atom stereocenters. The molecular weight excluding hydrogens is 400 g/mol. The Morgan fingerprint density at radius 1 is 1.23 bits per heavy atom. The molecule has 26 heavy (non-hydrogen) atoms. The number of carbonyl (C=O) groups excluding carboxylic acids is 1. The van der Waals surface area contributed by atoms with E-state index in [2.05, 4.69) is 20.9 Å². The van der Waals surface area contributed by atoms with Crippen LogP contribution in [0.3, 0.4) is 0 Å². The van der Waals surface area contributed by atoms with Crippen molar-refractivity contribution >= 4 is 33.7 Å². The lowest BCUT2D eigenvalue weighted by atomic mass is 10.2. The summed E-state index contributed by atoms with van der Waals surface area (Å²) < 4.78 is 11.6. The highest BCUT2D eigenvalue weighted by atomic mass is 79.9. The van der Waals surface area contributed by atoms with E-state index in [1.165, 1.54) is 0 Å². The number of nitrogens with zero attached hydrogens (tertiary/aromatic N) is 2. The monoisotopic (exact) mass is 418 g/mol. The van der Waals surface area contributed by atoms with Crippen molar-refractivity contribution in [2.24, 2.45) is 4.99 Å². The molecule has 0 saturated carbocycles. The molecule has 0 atom stereocenters. The minimum absolute atomic E-state index is 0.00846. The van der Waals surface area contributed by atoms with Gasteiger partial charge in [-0.15, -0.1) is 0 Å². The molecule has 2 aromatic rings. The zero-order chi connectivity index (χ0) is 18.4. The van der Waals surface area contributed by atoms with Crippen LogP contribution in [0, 0.1) is 0 Å². The van der Waals surface area contributed by atoms with Gasteiger partial charge in [-0.2, -0.15) is 0 Å². The van der Waals surface area contributed by atoms with Gasteiger partial charge in [0.2, 0.25) is 0 Å². The number of benzene rings is 2. The number of amides is 1. The van der Waals surface area contributed by atoms with E-state index < -0.39 is 0 Å². The number of aliphatic imine (C=N–C) groups is 1. The summed E-state index contributed by atoms with van der Waals surface area (Å²) >= 11 is 3.36. The second-order valence-electron chi connectivity index (χ2n) is 5.74. The standard InChI is InChI=1S/C19H19BrN2O4/c20-15-1-6-18(23)14(11-15)12-21-16-2-4-17(5-3-16)26-13-19(24)22-7-9-25-10-8-22/h1-6,11-12,23H,7-10,13H2. The highest BCUT2D eigenvalue weighted by molar-refractivity contribution is 9.10. The van der Waals surface area contributed by atoms with Crippen LogP contribution in [0.4, 0.5) is 5.69 Å². The summed E-state index contributed by atoms with van der Waals surface area (Å²) in [7, 11) is 0. The van der Waals surface area contributed by atoms with Crippen molar-refractivity contribution in [3.63, 3.8) is 0 Å². The molecule has 6 nitrogen and oxygen atoms in total. The molecule has 1 fully saturated rings. The highest BCUT2D eigenvalue weighted by Crippen LogP contribution is 2.22. The average Bonchev–Trinajstić information content (AvgIpc) is 2.68. The van der Waals surface area contributed by atoms with Crippen LogP contribution in [0.1, 0.15) is 5.56 Å². The third-order valence-electron chi connectivity index (χ3n) is 3.91. The van der Waals surface area contributed by atoms with E-state index in [4.69, 9.17) is 9.47 Å². The first kappa shape index (κ1) is 18.4.